The van der Waals surface area contributed by atoms with Crippen LogP contribution in [-0.4, -0.2) is 32.9 Å². The highest BCUT2D eigenvalue weighted by molar-refractivity contribution is 5.64. The molecule has 1 heterocycles. The van der Waals surface area contributed by atoms with Crippen LogP contribution in [-0.2, 0) is 12.8 Å². The van der Waals surface area contributed by atoms with Crippen LogP contribution in [0, 0.1) is 0 Å². The maximum Gasteiger partial charge on any atom is 0.108 e. The Morgan fingerprint density at radius 2 is 1.68 bits per heavy atom. The number of benzene rings is 1. The summed E-state index contributed by atoms with van der Waals surface area (Å²) in [6.07, 6.45) is -1.46. The lowest BCUT2D eigenvalue weighted by Crippen LogP contribution is -2.25. The van der Waals surface area contributed by atoms with Crippen LogP contribution in [0.4, 0.5) is 0 Å². The molecule has 0 aliphatic rings. The van der Waals surface area contributed by atoms with Crippen molar-refractivity contribution in [2.24, 2.45) is 11.5 Å². The molecule has 2 atom stereocenters. The molecule has 102 valence electrons. The van der Waals surface area contributed by atoms with Gasteiger partial charge in [0, 0.05) is 29.7 Å². The van der Waals surface area contributed by atoms with E-state index in [1.807, 2.05) is 30.3 Å². The van der Waals surface area contributed by atoms with Crippen molar-refractivity contribution in [1.82, 2.24) is 10.2 Å². The van der Waals surface area contributed by atoms with Crippen molar-refractivity contribution >= 4 is 0 Å². The minimum Gasteiger partial charge on any atom is -0.378 e. The molecule has 0 saturated carbocycles. The molecule has 0 aliphatic carbocycles. The summed E-state index contributed by atoms with van der Waals surface area (Å²) in [5, 5.41) is 25.8. The third kappa shape index (κ3) is 3.39. The zero-order chi connectivity index (χ0) is 13.8. The predicted octanol–water partition coefficient (Wildman–Crippen LogP) is -0.284. The quantitative estimate of drug-likeness (QED) is 0.474. The van der Waals surface area contributed by atoms with Crippen LogP contribution in [0.1, 0.15) is 11.3 Å². The fourth-order valence-electron chi connectivity index (χ4n) is 2.04. The monoisotopic (exact) mass is 262 g/mol. The van der Waals surface area contributed by atoms with E-state index in [2.05, 4.69) is 10.2 Å². The van der Waals surface area contributed by atoms with E-state index in [9.17, 15) is 10.2 Å². The van der Waals surface area contributed by atoms with Gasteiger partial charge in [-0.1, -0.05) is 30.3 Å². The van der Waals surface area contributed by atoms with Gasteiger partial charge in [0.25, 0.3) is 0 Å². The van der Waals surface area contributed by atoms with Crippen LogP contribution in [0.2, 0.25) is 0 Å². The molecule has 0 spiro atoms. The van der Waals surface area contributed by atoms with Crippen molar-refractivity contribution in [2.45, 2.75) is 25.3 Å². The maximum absolute atomic E-state index is 9.40. The number of aliphatic hydroxyl groups excluding tert-OH is 2. The topological polar surface area (TPSA) is 121 Å². The van der Waals surface area contributed by atoms with Gasteiger partial charge >= 0.3 is 0 Å². The minimum absolute atomic E-state index is 0.238. The number of H-pyrrole nitrogens is 1. The van der Waals surface area contributed by atoms with E-state index in [-0.39, 0.29) is 12.8 Å². The summed E-state index contributed by atoms with van der Waals surface area (Å²) in [6, 6.07) is 9.57. The first-order valence-corrected chi connectivity index (χ1v) is 6.06. The molecule has 0 aliphatic heterocycles. The average molecular weight is 262 g/mol. The molecule has 7 N–H and O–H groups in total. The third-order valence-electron chi connectivity index (χ3n) is 2.83. The molecule has 6 heteroatoms. The predicted molar refractivity (Wildman–Crippen MR) is 71.8 cm³/mol. The lowest BCUT2D eigenvalue weighted by Gasteiger charge is -2.09. The summed E-state index contributed by atoms with van der Waals surface area (Å²) < 4.78 is 0. The molecule has 1 aromatic carbocycles. The number of nitrogens with two attached hydrogens (primary N) is 2. The van der Waals surface area contributed by atoms with Crippen molar-refractivity contribution in [3.8, 4) is 11.3 Å². The number of rotatable bonds is 5. The number of aromatic nitrogens is 2. The Morgan fingerprint density at radius 3 is 2.26 bits per heavy atom. The molecule has 19 heavy (non-hydrogen) atoms. The Kier molecular flexibility index (Phi) is 4.28. The summed E-state index contributed by atoms with van der Waals surface area (Å²) in [6.45, 7) is 0. The molecule has 0 saturated heterocycles. The van der Waals surface area contributed by atoms with E-state index < -0.39 is 12.5 Å². The van der Waals surface area contributed by atoms with E-state index in [4.69, 9.17) is 11.5 Å². The maximum atomic E-state index is 9.40. The van der Waals surface area contributed by atoms with Crippen molar-refractivity contribution in [2.75, 3.05) is 0 Å². The molecule has 0 fully saturated rings. The summed E-state index contributed by atoms with van der Waals surface area (Å²) in [5.74, 6) is 0. The number of hydrogen-bond acceptors (Lipinski definition) is 5. The standard InChI is InChI=1S/C13H18N4O2/c14-11(18)6-9-10(7-12(15)19)16-17-13(9)8-4-2-1-3-5-8/h1-5,11-12,18-19H,6-7,14-15H2,(H,16,17). The largest absolute Gasteiger partial charge is 0.378 e. The molecule has 2 aromatic rings. The summed E-state index contributed by atoms with van der Waals surface area (Å²) >= 11 is 0. The Bertz CT molecular complexity index is 523. The van der Waals surface area contributed by atoms with Crippen LogP contribution < -0.4 is 11.5 Å². The Balaban J connectivity index is 2.40. The molecule has 0 bridgehead atoms. The first-order valence-electron chi connectivity index (χ1n) is 6.06. The van der Waals surface area contributed by atoms with Crippen molar-refractivity contribution in [3.63, 3.8) is 0 Å². The molecular weight excluding hydrogens is 244 g/mol. The van der Waals surface area contributed by atoms with Crippen LogP contribution in [0.5, 0.6) is 0 Å². The van der Waals surface area contributed by atoms with Gasteiger partial charge in [0.1, 0.15) is 12.5 Å². The van der Waals surface area contributed by atoms with Crippen LogP contribution in [0.3, 0.4) is 0 Å². The number of aliphatic hydroxyl groups is 2. The van der Waals surface area contributed by atoms with Gasteiger partial charge < -0.3 is 21.7 Å². The van der Waals surface area contributed by atoms with Crippen LogP contribution in [0.25, 0.3) is 11.3 Å². The zero-order valence-electron chi connectivity index (χ0n) is 10.5. The fourth-order valence-corrected chi connectivity index (χ4v) is 2.04. The second-order valence-electron chi connectivity index (χ2n) is 4.44. The van der Waals surface area contributed by atoms with Gasteiger partial charge in [-0.25, -0.2) is 0 Å². The first kappa shape index (κ1) is 13.7. The van der Waals surface area contributed by atoms with E-state index >= 15 is 0 Å². The number of aromatic amines is 1. The van der Waals surface area contributed by atoms with Crippen LogP contribution in [0.15, 0.2) is 30.3 Å². The highest BCUT2D eigenvalue weighted by Gasteiger charge is 2.17. The number of nitrogens with zero attached hydrogens (tertiary/aromatic N) is 1. The van der Waals surface area contributed by atoms with Crippen molar-refractivity contribution in [3.05, 3.63) is 41.6 Å². The van der Waals surface area contributed by atoms with Gasteiger partial charge in [-0.2, -0.15) is 5.10 Å². The smallest absolute Gasteiger partial charge is 0.108 e. The van der Waals surface area contributed by atoms with Gasteiger partial charge in [0.05, 0.1) is 5.69 Å². The molecule has 0 radical (unpaired) electrons. The van der Waals surface area contributed by atoms with E-state index in [0.29, 0.717) is 5.69 Å². The Labute approximate surface area is 111 Å². The van der Waals surface area contributed by atoms with E-state index in [1.54, 1.807) is 0 Å². The SMILES string of the molecule is NC(O)Cc1[nH]nc(-c2ccccc2)c1CC(N)O. The lowest BCUT2D eigenvalue weighted by atomic mass is 10.0. The average Bonchev–Trinajstić information content (AvgIpc) is 2.72. The highest BCUT2D eigenvalue weighted by Crippen LogP contribution is 2.25. The van der Waals surface area contributed by atoms with E-state index in [0.717, 1.165) is 16.8 Å². The van der Waals surface area contributed by atoms with E-state index in [1.165, 1.54) is 0 Å². The van der Waals surface area contributed by atoms with Crippen molar-refractivity contribution < 1.29 is 10.2 Å². The normalized spacial score (nSPS) is 14.3. The number of nitrogens with one attached hydrogen (secondary N) is 1. The highest BCUT2D eigenvalue weighted by atomic mass is 16.3. The van der Waals surface area contributed by atoms with Gasteiger partial charge in [-0.3, -0.25) is 5.10 Å². The van der Waals surface area contributed by atoms with Gasteiger partial charge in [0.2, 0.25) is 0 Å². The molecule has 0 amide bonds. The molecular formula is C13H18N4O2. The van der Waals surface area contributed by atoms with Crippen molar-refractivity contribution in [1.29, 1.82) is 0 Å². The molecule has 2 unspecified atom stereocenters. The third-order valence-corrected chi connectivity index (χ3v) is 2.83. The fraction of sp³-hybridized carbons (Fsp3) is 0.308. The summed E-state index contributed by atoms with van der Waals surface area (Å²) in [7, 11) is 0. The molecule has 6 nitrogen and oxygen atoms in total. The Morgan fingerprint density at radius 1 is 1.05 bits per heavy atom. The molecule has 2 rings (SSSR count). The van der Waals surface area contributed by atoms with Gasteiger partial charge in [0.15, 0.2) is 0 Å². The first-order chi connectivity index (χ1) is 9.08. The number of hydrogen-bond donors (Lipinski definition) is 5. The summed E-state index contributed by atoms with van der Waals surface area (Å²) in [5.41, 5.74) is 14.0. The second kappa shape index (κ2) is 5.94. The summed E-state index contributed by atoms with van der Waals surface area (Å²) in [4.78, 5) is 0. The Hall–Kier alpha value is -1.73. The minimum atomic E-state index is -0.978. The van der Waals surface area contributed by atoms with Gasteiger partial charge in [-0.15, -0.1) is 0 Å². The molecule has 1 aromatic heterocycles. The second-order valence-corrected chi connectivity index (χ2v) is 4.44. The van der Waals surface area contributed by atoms with Crippen LogP contribution >= 0.6 is 0 Å². The van der Waals surface area contributed by atoms with Gasteiger partial charge in [-0.05, 0) is 0 Å². The zero-order valence-corrected chi connectivity index (χ0v) is 10.5. The lowest BCUT2D eigenvalue weighted by molar-refractivity contribution is 0.175.